The molecule has 2 nitrogen and oxygen atoms in total. The van der Waals surface area contributed by atoms with Crippen LogP contribution in [0.25, 0.3) is 11.1 Å². The number of hydrogen-bond acceptors (Lipinski definition) is 2. The smallest absolute Gasteiger partial charge is 0.217 e. The predicted molar refractivity (Wildman–Crippen MR) is 68.3 cm³/mol. The second-order valence-electron chi connectivity index (χ2n) is 4.70. The lowest BCUT2D eigenvalue weighted by Gasteiger charge is -2.24. The summed E-state index contributed by atoms with van der Waals surface area (Å²) < 4.78 is 44.9. The minimum atomic E-state index is -0.633. The first-order valence-corrected chi connectivity index (χ1v) is 6.35. The Kier molecular flexibility index (Phi) is 3.34. The third kappa shape index (κ3) is 2.24. The fraction of sp³-hybridized carbons (Fsp3) is 0.267. The molecule has 1 aliphatic heterocycles. The summed E-state index contributed by atoms with van der Waals surface area (Å²) in [5, 5.41) is 0. The van der Waals surface area contributed by atoms with E-state index in [1.165, 1.54) is 18.3 Å². The zero-order valence-corrected chi connectivity index (χ0v) is 10.6. The van der Waals surface area contributed by atoms with Crippen LogP contribution in [0.1, 0.15) is 12.0 Å². The van der Waals surface area contributed by atoms with Crippen molar-refractivity contribution in [3.63, 3.8) is 0 Å². The molecule has 1 atom stereocenters. The molecule has 0 aliphatic carbocycles. The average Bonchev–Trinajstić information content (AvgIpc) is 2.46. The average molecular weight is 279 g/mol. The van der Waals surface area contributed by atoms with Gasteiger partial charge in [-0.25, -0.2) is 18.2 Å². The summed E-state index contributed by atoms with van der Waals surface area (Å²) in [6, 6.07) is 5.10. The lowest BCUT2D eigenvalue weighted by molar-refractivity contribution is 0.134. The van der Waals surface area contributed by atoms with Crippen molar-refractivity contribution < 1.29 is 17.9 Å². The molecule has 3 rings (SSSR count). The molecule has 0 radical (unpaired) electrons. The van der Waals surface area contributed by atoms with Crippen LogP contribution in [-0.2, 0) is 6.42 Å². The summed E-state index contributed by atoms with van der Waals surface area (Å²) in [6.45, 7) is -0.573. The van der Waals surface area contributed by atoms with E-state index in [0.29, 0.717) is 29.8 Å². The molecule has 1 aliphatic rings. The van der Waals surface area contributed by atoms with Crippen molar-refractivity contribution in [3.8, 4) is 17.0 Å². The Morgan fingerprint density at radius 2 is 2.05 bits per heavy atom. The topological polar surface area (TPSA) is 22.1 Å². The summed E-state index contributed by atoms with van der Waals surface area (Å²) in [5.74, 6) is -0.922. The third-order valence-electron chi connectivity index (χ3n) is 3.40. The largest absolute Gasteiger partial charge is 0.471 e. The highest BCUT2D eigenvalue weighted by atomic mass is 19.1. The van der Waals surface area contributed by atoms with Gasteiger partial charge in [0.25, 0.3) is 0 Å². The van der Waals surface area contributed by atoms with Crippen LogP contribution in [0.2, 0.25) is 0 Å². The van der Waals surface area contributed by atoms with E-state index in [4.69, 9.17) is 4.74 Å². The molecule has 0 saturated carbocycles. The van der Waals surface area contributed by atoms with Crippen LogP contribution in [0.4, 0.5) is 13.2 Å². The first kappa shape index (κ1) is 13.0. The van der Waals surface area contributed by atoms with Crippen molar-refractivity contribution in [2.75, 3.05) is 6.67 Å². The number of alkyl halides is 1. The van der Waals surface area contributed by atoms with Crippen molar-refractivity contribution in [2.45, 2.75) is 18.9 Å². The van der Waals surface area contributed by atoms with Gasteiger partial charge in [0.15, 0.2) is 0 Å². The number of pyridine rings is 1. The van der Waals surface area contributed by atoms with Crippen LogP contribution in [0.5, 0.6) is 5.88 Å². The van der Waals surface area contributed by atoms with E-state index < -0.39 is 24.4 Å². The molecule has 0 N–H and O–H groups in total. The molecule has 5 heteroatoms. The molecule has 0 fully saturated rings. The van der Waals surface area contributed by atoms with Crippen LogP contribution in [0.3, 0.4) is 0 Å². The number of halogens is 3. The van der Waals surface area contributed by atoms with Crippen molar-refractivity contribution in [3.05, 3.63) is 47.7 Å². The Balaban J connectivity index is 2.07. The Hall–Kier alpha value is -2.04. The monoisotopic (exact) mass is 279 g/mol. The lowest BCUT2D eigenvalue weighted by Crippen LogP contribution is -2.25. The number of aromatic nitrogens is 1. The minimum Gasteiger partial charge on any atom is -0.471 e. The Bertz CT molecular complexity index is 645. The number of benzene rings is 1. The van der Waals surface area contributed by atoms with Crippen LogP contribution in [0, 0.1) is 11.6 Å². The number of ether oxygens (including phenoxy) is 1. The number of rotatable bonds is 2. The van der Waals surface area contributed by atoms with Gasteiger partial charge in [-0.15, -0.1) is 0 Å². The van der Waals surface area contributed by atoms with Crippen LogP contribution >= 0.6 is 0 Å². The van der Waals surface area contributed by atoms with E-state index in [2.05, 4.69) is 4.98 Å². The van der Waals surface area contributed by atoms with Crippen LogP contribution < -0.4 is 4.74 Å². The van der Waals surface area contributed by atoms with Crippen molar-refractivity contribution in [1.82, 2.24) is 4.98 Å². The Morgan fingerprint density at radius 1 is 1.20 bits per heavy atom. The fourth-order valence-corrected chi connectivity index (χ4v) is 2.41. The van der Waals surface area contributed by atoms with E-state index in [0.717, 1.165) is 11.6 Å². The summed E-state index contributed by atoms with van der Waals surface area (Å²) >= 11 is 0. The molecule has 0 amide bonds. The molecule has 2 aromatic rings. The highest BCUT2D eigenvalue weighted by Gasteiger charge is 2.24. The molecule has 0 unspecified atom stereocenters. The number of hydrogen-bond donors (Lipinski definition) is 0. The highest BCUT2D eigenvalue weighted by Crippen LogP contribution is 2.35. The first-order valence-electron chi connectivity index (χ1n) is 6.35. The second kappa shape index (κ2) is 5.15. The normalized spacial score (nSPS) is 17.4. The Morgan fingerprint density at radius 3 is 2.80 bits per heavy atom. The van der Waals surface area contributed by atoms with Gasteiger partial charge in [0.1, 0.15) is 24.4 Å². The fourth-order valence-electron chi connectivity index (χ4n) is 2.41. The van der Waals surface area contributed by atoms with Gasteiger partial charge in [-0.3, -0.25) is 0 Å². The van der Waals surface area contributed by atoms with E-state index in [-0.39, 0.29) is 0 Å². The molecule has 0 saturated heterocycles. The van der Waals surface area contributed by atoms with E-state index >= 15 is 0 Å². The van der Waals surface area contributed by atoms with Gasteiger partial charge < -0.3 is 4.74 Å². The maximum atomic E-state index is 13.9. The van der Waals surface area contributed by atoms with Gasteiger partial charge in [-0.1, -0.05) is 0 Å². The van der Waals surface area contributed by atoms with Crippen molar-refractivity contribution in [1.29, 1.82) is 0 Å². The summed E-state index contributed by atoms with van der Waals surface area (Å²) in [4.78, 5) is 4.07. The highest BCUT2D eigenvalue weighted by molar-refractivity contribution is 5.69. The van der Waals surface area contributed by atoms with E-state index in [1.807, 2.05) is 0 Å². The SMILES string of the molecule is FC[C@H]1CCc2c(-c3ccc(F)cc3F)ccnc2O1. The molecule has 104 valence electrons. The quantitative estimate of drug-likeness (QED) is 0.836. The lowest BCUT2D eigenvalue weighted by atomic mass is 9.95. The van der Waals surface area contributed by atoms with Crippen LogP contribution in [0.15, 0.2) is 30.5 Å². The molecule has 20 heavy (non-hydrogen) atoms. The van der Waals surface area contributed by atoms with Gasteiger partial charge in [0.05, 0.1) is 0 Å². The number of nitrogens with zero attached hydrogens (tertiary/aromatic N) is 1. The second-order valence-corrected chi connectivity index (χ2v) is 4.70. The Labute approximate surface area is 114 Å². The molecule has 1 aromatic carbocycles. The third-order valence-corrected chi connectivity index (χ3v) is 3.40. The van der Waals surface area contributed by atoms with E-state index in [1.54, 1.807) is 6.07 Å². The van der Waals surface area contributed by atoms with Crippen LogP contribution in [-0.4, -0.2) is 17.8 Å². The molecular formula is C15H12F3NO. The van der Waals surface area contributed by atoms with Crippen molar-refractivity contribution in [2.24, 2.45) is 0 Å². The zero-order chi connectivity index (χ0) is 14.1. The van der Waals surface area contributed by atoms with Gasteiger partial charge >= 0.3 is 0 Å². The molecule has 2 heterocycles. The molecular weight excluding hydrogens is 267 g/mol. The van der Waals surface area contributed by atoms with Gasteiger partial charge in [0.2, 0.25) is 5.88 Å². The minimum absolute atomic E-state index is 0.298. The molecule has 0 spiro atoms. The van der Waals surface area contributed by atoms with Gasteiger partial charge in [-0.05, 0) is 36.6 Å². The molecule has 0 bridgehead atoms. The predicted octanol–water partition coefficient (Wildman–Crippen LogP) is 3.69. The van der Waals surface area contributed by atoms with E-state index in [9.17, 15) is 13.2 Å². The van der Waals surface area contributed by atoms with Gasteiger partial charge in [-0.2, -0.15) is 0 Å². The number of fused-ring (bicyclic) bond motifs is 1. The standard InChI is InChI=1S/C15H12F3NO/c16-8-10-2-4-13-11(5-6-19-15(13)20-10)12-3-1-9(17)7-14(12)18/h1,3,5-7,10H,2,4,8H2/t10-/m1/s1. The maximum absolute atomic E-state index is 13.9. The zero-order valence-electron chi connectivity index (χ0n) is 10.6. The van der Waals surface area contributed by atoms with Gasteiger partial charge in [0, 0.05) is 23.4 Å². The molecule has 1 aromatic heterocycles. The summed E-state index contributed by atoms with van der Waals surface area (Å²) in [7, 11) is 0. The first-order chi connectivity index (χ1) is 9.69. The van der Waals surface area contributed by atoms with Crippen molar-refractivity contribution >= 4 is 0 Å². The summed E-state index contributed by atoms with van der Waals surface area (Å²) in [5.41, 5.74) is 1.65. The maximum Gasteiger partial charge on any atom is 0.217 e. The summed E-state index contributed by atoms with van der Waals surface area (Å²) in [6.07, 6.45) is 2.07.